The molecule has 1 aromatic heterocycles. The van der Waals surface area contributed by atoms with Crippen LogP contribution in [0.15, 0.2) is 62.6 Å². The van der Waals surface area contributed by atoms with Crippen LogP contribution in [0.25, 0.3) is 11.5 Å². The molecule has 3 aromatic rings. The van der Waals surface area contributed by atoms with Crippen molar-refractivity contribution in [3.05, 3.63) is 58.6 Å². The van der Waals surface area contributed by atoms with Gasteiger partial charge >= 0.3 is 0 Å². The van der Waals surface area contributed by atoms with Crippen molar-refractivity contribution < 1.29 is 14.0 Å². The molecule has 0 aliphatic rings. The van der Waals surface area contributed by atoms with Crippen molar-refractivity contribution in [1.82, 2.24) is 10.2 Å². The minimum absolute atomic E-state index is 0.0190. The molecule has 138 valence electrons. The van der Waals surface area contributed by atoms with Crippen LogP contribution in [-0.4, -0.2) is 27.1 Å². The maximum absolute atomic E-state index is 12.4. The molecule has 3 rings (SSSR count). The Bertz CT molecular complexity index is 972. The van der Waals surface area contributed by atoms with Gasteiger partial charge in [0.2, 0.25) is 11.8 Å². The van der Waals surface area contributed by atoms with Gasteiger partial charge in [-0.25, -0.2) is 0 Å². The maximum Gasteiger partial charge on any atom is 0.277 e. The van der Waals surface area contributed by atoms with Crippen molar-refractivity contribution >= 4 is 45.1 Å². The van der Waals surface area contributed by atoms with E-state index in [-0.39, 0.29) is 11.7 Å². The van der Waals surface area contributed by atoms with Crippen LogP contribution in [0.2, 0.25) is 0 Å². The van der Waals surface area contributed by atoms with Crippen LogP contribution in [0.5, 0.6) is 0 Å². The lowest BCUT2D eigenvalue weighted by molar-refractivity contribution is -0.115. The molecule has 1 atom stereocenters. The zero-order valence-corrected chi connectivity index (χ0v) is 17.0. The fraction of sp³-hybridized carbons (Fsp3) is 0.158. The third-order valence-electron chi connectivity index (χ3n) is 3.68. The maximum atomic E-state index is 12.4. The molecule has 0 bridgehead atoms. The number of Topliss-reactive ketones (excluding diaryl/α,β-unsaturated/α-hetero) is 1. The minimum atomic E-state index is -0.437. The molecule has 0 spiro atoms. The molecule has 0 unspecified atom stereocenters. The van der Waals surface area contributed by atoms with Crippen LogP contribution >= 0.6 is 27.7 Å². The number of benzene rings is 2. The van der Waals surface area contributed by atoms with E-state index in [4.69, 9.17) is 4.42 Å². The van der Waals surface area contributed by atoms with Gasteiger partial charge in [0.25, 0.3) is 5.22 Å². The number of anilines is 1. The molecule has 6 nitrogen and oxygen atoms in total. The largest absolute Gasteiger partial charge is 0.411 e. The summed E-state index contributed by atoms with van der Waals surface area (Å²) in [5, 5.41) is 10.7. The number of ketones is 1. The SMILES string of the molecule is CC(=O)c1ccc(NC(=O)[C@H](C)Sc2nnc(-c3cccc(Br)c3)o2)cc1. The van der Waals surface area contributed by atoms with Crippen molar-refractivity contribution in [3.63, 3.8) is 0 Å². The van der Waals surface area contributed by atoms with Gasteiger partial charge in [-0.3, -0.25) is 9.59 Å². The molecule has 1 heterocycles. The summed E-state index contributed by atoms with van der Waals surface area (Å²) < 4.78 is 6.55. The molecule has 0 saturated carbocycles. The summed E-state index contributed by atoms with van der Waals surface area (Å²) in [5.41, 5.74) is 2.02. The van der Waals surface area contributed by atoms with E-state index in [1.165, 1.54) is 18.7 Å². The van der Waals surface area contributed by atoms with Crippen molar-refractivity contribution in [2.75, 3.05) is 5.32 Å². The third-order valence-corrected chi connectivity index (χ3v) is 5.11. The molecular formula is C19H16BrN3O3S. The number of amides is 1. The Labute approximate surface area is 168 Å². The molecule has 27 heavy (non-hydrogen) atoms. The summed E-state index contributed by atoms with van der Waals surface area (Å²) >= 11 is 4.58. The summed E-state index contributed by atoms with van der Waals surface area (Å²) in [4.78, 5) is 23.7. The number of hydrogen-bond donors (Lipinski definition) is 1. The van der Waals surface area contributed by atoms with Crippen LogP contribution in [0.4, 0.5) is 5.69 Å². The number of nitrogens with one attached hydrogen (secondary N) is 1. The van der Waals surface area contributed by atoms with E-state index in [9.17, 15) is 9.59 Å². The standard InChI is InChI=1S/C19H16BrN3O3S/c1-11(24)13-6-8-16(9-7-13)21-17(25)12(2)27-19-23-22-18(26-19)14-4-3-5-15(20)10-14/h3-10,12H,1-2H3,(H,21,25)/t12-/m0/s1. The van der Waals surface area contributed by atoms with Crippen LogP contribution in [0.1, 0.15) is 24.2 Å². The van der Waals surface area contributed by atoms with E-state index in [2.05, 4.69) is 31.4 Å². The number of carbonyl (C=O) groups is 2. The van der Waals surface area contributed by atoms with E-state index in [1.54, 1.807) is 31.2 Å². The second kappa shape index (κ2) is 8.49. The first-order chi connectivity index (χ1) is 12.9. The summed E-state index contributed by atoms with van der Waals surface area (Å²) in [6.07, 6.45) is 0. The molecular weight excluding hydrogens is 430 g/mol. The summed E-state index contributed by atoms with van der Waals surface area (Å²) in [7, 11) is 0. The normalized spacial score (nSPS) is 11.8. The van der Waals surface area contributed by atoms with Gasteiger partial charge in [-0.15, -0.1) is 10.2 Å². The molecule has 0 aliphatic heterocycles. The lowest BCUT2D eigenvalue weighted by atomic mass is 10.1. The van der Waals surface area contributed by atoms with Gasteiger partial charge in [0.15, 0.2) is 5.78 Å². The average molecular weight is 446 g/mol. The van der Waals surface area contributed by atoms with E-state index in [0.717, 1.165) is 10.0 Å². The number of thioether (sulfide) groups is 1. The predicted molar refractivity (Wildman–Crippen MR) is 108 cm³/mol. The van der Waals surface area contributed by atoms with Crippen molar-refractivity contribution in [1.29, 1.82) is 0 Å². The second-order valence-electron chi connectivity index (χ2n) is 5.77. The quantitative estimate of drug-likeness (QED) is 0.432. The topological polar surface area (TPSA) is 85.1 Å². The third kappa shape index (κ3) is 5.05. The van der Waals surface area contributed by atoms with Gasteiger partial charge in [-0.2, -0.15) is 0 Å². The fourth-order valence-electron chi connectivity index (χ4n) is 2.23. The van der Waals surface area contributed by atoms with Gasteiger partial charge in [-0.1, -0.05) is 33.8 Å². The lowest BCUT2D eigenvalue weighted by Crippen LogP contribution is -2.22. The Morgan fingerprint density at radius 3 is 2.56 bits per heavy atom. The smallest absolute Gasteiger partial charge is 0.277 e. The van der Waals surface area contributed by atoms with E-state index in [0.29, 0.717) is 22.4 Å². The van der Waals surface area contributed by atoms with Gasteiger partial charge in [0.1, 0.15) is 0 Å². The molecule has 1 amide bonds. The first kappa shape index (κ1) is 19.3. The summed E-state index contributed by atoms with van der Waals surface area (Å²) in [5.74, 6) is 0.179. The molecule has 8 heteroatoms. The van der Waals surface area contributed by atoms with E-state index < -0.39 is 5.25 Å². The monoisotopic (exact) mass is 445 g/mol. The number of halogens is 1. The van der Waals surface area contributed by atoms with E-state index in [1.807, 2.05) is 24.3 Å². The Hall–Kier alpha value is -2.45. The summed E-state index contributed by atoms with van der Waals surface area (Å²) in [6.45, 7) is 3.26. The zero-order chi connectivity index (χ0) is 19.4. The summed E-state index contributed by atoms with van der Waals surface area (Å²) in [6, 6.07) is 14.3. The molecule has 0 fully saturated rings. The number of carbonyl (C=O) groups excluding carboxylic acids is 2. The van der Waals surface area contributed by atoms with Crippen LogP contribution < -0.4 is 5.32 Å². The van der Waals surface area contributed by atoms with Crippen LogP contribution in [0.3, 0.4) is 0 Å². The predicted octanol–water partition coefficient (Wildman–Crippen LogP) is 4.82. The number of aromatic nitrogens is 2. The van der Waals surface area contributed by atoms with Crippen LogP contribution in [-0.2, 0) is 4.79 Å². The minimum Gasteiger partial charge on any atom is -0.411 e. The first-order valence-electron chi connectivity index (χ1n) is 8.10. The van der Waals surface area contributed by atoms with Crippen molar-refractivity contribution in [3.8, 4) is 11.5 Å². The highest BCUT2D eigenvalue weighted by molar-refractivity contribution is 9.10. The molecule has 0 radical (unpaired) electrons. The highest BCUT2D eigenvalue weighted by Gasteiger charge is 2.19. The fourth-order valence-corrected chi connectivity index (χ4v) is 3.32. The molecule has 1 N–H and O–H groups in total. The highest BCUT2D eigenvalue weighted by atomic mass is 79.9. The van der Waals surface area contributed by atoms with Crippen molar-refractivity contribution in [2.45, 2.75) is 24.3 Å². The molecule has 2 aromatic carbocycles. The Balaban J connectivity index is 1.62. The zero-order valence-electron chi connectivity index (χ0n) is 14.6. The first-order valence-corrected chi connectivity index (χ1v) is 9.77. The van der Waals surface area contributed by atoms with Gasteiger partial charge in [-0.05, 0) is 56.3 Å². The van der Waals surface area contributed by atoms with Crippen LogP contribution in [0, 0.1) is 0 Å². The lowest BCUT2D eigenvalue weighted by Gasteiger charge is -2.10. The molecule has 0 aliphatic carbocycles. The average Bonchev–Trinajstić information content (AvgIpc) is 3.10. The number of nitrogens with zero attached hydrogens (tertiary/aromatic N) is 2. The van der Waals surface area contributed by atoms with Gasteiger partial charge in [0, 0.05) is 21.3 Å². The number of rotatable bonds is 6. The Morgan fingerprint density at radius 2 is 1.89 bits per heavy atom. The second-order valence-corrected chi connectivity index (χ2v) is 7.97. The molecule has 0 saturated heterocycles. The Morgan fingerprint density at radius 1 is 1.15 bits per heavy atom. The van der Waals surface area contributed by atoms with E-state index >= 15 is 0 Å². The highest BCUT2D eigenvalue weighted by Crippen LogP contribution is 2.28. The number of hydrogen-bond acceptors (Lipinski definition) is 6. The van der Waals surface area contributed by atoms with Gasteiger partial charge in [0.05, 0.1) is 5.25 Å². The van der Waals surface area contributed by atoms with Gasteiger partial charge < -0.3 is 9.73 Å². The Kier molecular flexibility index (Phi) is 6.08. The van der Waals surface area contributed by atoms with Crippen molar-refractivity contribution in [2.24, 2.45) is 0 Å².